The van der Waals surface area contributed by atoms with E-state index in [0.29, 0.717) is 0 Å². The summed E-state index contributed by atoms with van der Waals surface area (Å²) in [6, 6.07) is 0. The van der Waals surface area contributed by atoms with Gasteiger partial charge in [-0.3, -0.25) is 9.46 Å². The molecule has 2 aromatic heterocycles. The molecule has 8 N–H and O–H groups in total. The van der Waals surface area contributed by atoms with Gasteiger partial charge in [-0.15, -0.1) is 0 Å². The minimum absolute atomic E-state index is 0.0235. The number of phosphoric ester groups is 1. The van der Waals surface area contributed by atoms with Gasteiger partial charge in [0.25, 0.3) is 0 Å². The van der Waals surface area contributed by atoms with Gasteiger partial charge in [-0.1, -0.05) is 6.58 Å². The number of hydrogen-bond donors (Lipinski definition) is 7. The van der Waals surface area contributed by atoms with Crippen LogP contribution in [-0.4, -0.2) is 67.6 Å². The summed E-state index contributed by atoms with van der Waals surface area (Å²) in [7, 11) is -16.9. The summed E-state index contributed by atoms with van der Waals surface area (Å²) in [6.07, 6.45) is -4.23. The van der Waals surface area contributed by atoms with Gasteiger partial charge in [-0.05, 0) is 0 Å². The molecule has 21 heteroatoms. The molecule has 32 heavy (non-hydrogen) atoms. The highest BCUT2D eigenvalue weighted by Crippen LogP contribution is 2.67. The Hall–Kier alpha value is -1.78. The molecule has 1 fully saturated rings. The van der Waals surface area contributed by atoms with Crippen LogP contribution in [0, 0.1) is 0 Å². The molecule has 0 spiro atoms. The number of anilines is 1. The van der Waals surface area contributed by atoms with Gasteiger partial charge in [0.15, 0.2) is 17.7 Å². The van der Waals surface area contributed by atoms with Crippen LogP contribution in [0.15, 0.2) is 25.0 Å². The molecule has 0 bridgehead atoms. The second-order valence-corrected chi connectivity index (χ2v) is 10.5. The predicted molar refractivity (Wildman–Crippen MR) is 99.7 cm³/mol. The SMILES string of the molecule is C=C(OP(=O)(O)OP(=O)(O)OP(=O)(O)O)[C@H]1O[C@@H](n2cnc3c(N)ncnc32)[C@H](O)[C@@H]1O. The normalized spacial score (nSPS) is 27.7. The molecule has 3 rings (SSSR count). The van der Waals surface area contributed by atoms with Crippen LogP contribution in [0.1, 0.15) is 6.23 Å². The van der Waals surface area contributed by atoms with Crippen molar-refractivity contribution in [2.45, 2.75) is 24.5 Å². The number of nitrogen functional groups attached to an aromatic ring is 1. The zero-order valence-electron chi connectivity index (χ0n) is 15.4. The Bertz CT molecular complexity index is 1180. The number of hydrogen-bond acceptors (Lipinski definition) is 13. The fourth-order valence-corrected chi connectivity index (χ4v) is 5.75. The van der Waals surface area contributed by atoms with Crippen molar-refractivity contribution >= 4 is 40.4 Å². The average molecular weight is 519 g/mol. The maximum absolute atomic E-state index is 11.9. The topological polar surface area (TPSA) is 279 Å². The maximum atomic E-state index is 11.9. The predicted octanol–water partition coefficient (Wildman–Crippen LogP) is -1.12. The average Bonchev–Trinajstić information content (AvgIpc) is 3.14. The largest absolute Gasteiger partial charge is 0.536 e. The van der Waals surface area contributed by atoms with Crippen LogP contribution in [0.5, 0.6) is 0 Å². The number of imidazole rings is 1. The molecular formula is C11H16N5O13P3. The number of aromatic nitrogens is 4. The molecule has 0 amide bonds. The van der Waals surface area contributed by atoms with Gasteiger partial charge in [0.1, 0.15) is 35.9 Å². The molecule has 6 atom stereocenters. The van der Waals surface area contributed by atoms with Crippen molar-refractivity contribution in [2.75, 3.05) is 5.73 Å². The summed E-state index contributed by atoms with van der Waals surface area (Å²) < 4.78 is 52.2. The van der Waals surface area contributed by atoms with Crippen LogP contribution >= 0.6 is 23.5 Å². The van der Waals surface area contributed by atoms with Crippen molar-refractivity contribution in [3.8, 4) is 0 Å². The summed E-state index contributed by atoms with van der Waals surface area (Å²) >= 11 is 0. The van der Waals surface area contributed by atoms with Crippen LogP contribution in [0.25, 0.3) is 11.2 Å². The highest BCUT2D eigenvalue weighted by Gasteiger charge is 2.49. The molecule has 0 aliphatic carbocycles. The van der Waals surface area contributed by atoms with E-state index in [4.69, 9.17) is 20.3 Å². The van der Waals surface area contributed by atoms with E-state index in [1.54, 1.807) is 0 Å². The summed E-state index contributed by atoms with van der Waals surface area (Å²) in [4.78, 5) is 47.5. The summed E-state index contributed by atoms with van der Waals surface area (Å²) in [5.41, 5.74) is 5.95. The van der Waals surface area contributed by atoms with E-state index in [-0.39, 0.29) is 17.0 Å². The zero-order chi connectivity index (χ0) is 24.1. The van der Waals surface area contributed by atoms with Gasteiger partial charge in [0.2, 0.25) is 0 Å². The molecule has 18 nitrogen and oxygen atoms in total. The molecular weight excluding hydrogens is 503 g/mol. The quantitative estimate of drug-likeness (QED) is 0.161. The van der Waals surface area contributed by atoms with Gasteiger partial charge in [-0.25, -0.2) is 28.6 Å². The van der Waals surface area contributed by atoms with Gasteiger partial charge >= 0.3 is 23.5 Å². The monoisotopic (exact) mass is 519 g/mol. The second kappa shape index (κ2) is 8.53. The molecule has 0 saturated carbocycles. The van der Waals surface area contributed by atoms with Crippen molar-refractivity contribution in [3.63, 3.8) is 0 Å². The Labute approximate surface area is 177 Å². The second-order valence-electron chi connectivity index (χ2n) is 6.16. The molecule has 2 unspecified atom stereocenters. The van der Waals surface area contributed by atoms with E-state index in [0.717, 1.165) is 6.33 Å². The smallest absolute Gasteiger partial charge is 0.406 e. The fraction of sp³-hybridized carbons (Fsp3) is 0.364. The molecule has 3 heterocycles. The first-order valence-electron chi connectivity index (χ1n) is 8.07. The lowest BCUT2D eigenvalue weighted by Gasteiger charge is -2.21. The number of aliphatic hydroxyl groups is 2. The van der Waals surface area contributed by atoms with Crippen molar-refractivity contribution < 1.29 is 61.4 Å². The number of nitrogens with two attached hydrogens (primary N) is 1. The van der Waals surface area contributed by atoms with Gasteiger partial charge in [0.05, 0.1) is 6.33 Å². The van der Waals surface area contributed by atoms with E-state index < -0.39 is 53.8 Å². The number of ether oxygens (including phenoxy) is 1. The Balaban J connectivity index is 1.76. The third kappa shape index (κ3) is 5.40. The van der Waals surface area contributed by atoms with Crippen LogP contribution in [0.2, 0.25) is 0 Å². The summed E-state index contributed by atoms with van der Waals surface area (Å²) in [5, 5.41) is 20.6. The lowest BCUT2D eigenvalue weighted by Crippen LogP contribution is -2.32. The first-order valence-corrected chi connectivity index (χ1v) is 12.6. The van der Waals surface area contributed by atoms with Crippen LogP contribution < -0.4 is 5.73 Å². The lowest BCUT2D eigenvalue weighted by molar-refractivity contribution is -0.0336. The van der Waals surface area contributed by atoms with E-state index in [1.807, 2.05) is 0 Å². The number of fused-ring (bicyclic) bond motifs is 1. The molecule has 1 saturated heterocycles. The van der Waals surface area contributed by atoms with Crippen molar-refractivity contribution in [1.82, 2.24) is 19.5 Å². The van der Waals surface area contributed by atoms with E-state index in [2.05, 4.69) is 34.7 Å². The highest BCUT2D eigenvalue weighted by atomic mass is 31.3. The minimum atomic E-state index is -5.77. The Morgan fingerprint density at radius 1 is 1.06 bits per heavy atom. The number of phosphoric acid groups is 3. The Kier molecular flexibility index (Phi) is 6.63. The first-order chi connectivity index (χ1) is 14.6. The third-order valence-electron chi connectivity index (χ3n) is 3.87. The van der Waals surface area contributed by atoms with E-state index in [9.17, 15) is 33.7 Å². The molecule has 1 aliphatic rings. The van der Waals surface area contributed by atoms with Gasteiger partial charge in [-0.2, -0.15) is 8.62 Å². The maximum Gasteiger partial charge on any atom is 0.536 e. The van der Waals surface area contributed by atoms with Crippen molar-refractivity contribution in [2.24, 2.45) is 0 Å². The van der Waals surface area contributed by atoms with Crippen molar-refractivity contribution in [3.05, 3.63) is 25.0 Å². The van der Waals surface area contributed by atoms with E-state index >= 15 is 0 Å². The summed E-state index contributed by atoms with van der Waals surface area (Å²) in [5.74, 6) is -0.824. The molecule has 1 aliphatic heterocycles. The number of aliphatic hydroxyl groups excluding tert-OH is 2. The van der Waals surface area contributed by atoms with Crippen LogP contribution in [0.4, 0.5) is 5.82 Å². The van der Waals surface area contributed by atoms with Crippen LogP contribution in [0.3, 0.4) is 0 Å². The Morgan fingerprint density at radius 3 is 2.34 bits per heavy atom. The van der Waals surface area contributed by atoms with Crippen LogP contribution in [-0.2, 0) is 31.6 Å². The minimum Gasteiger partial charge on any atom is -0.406 e. The number of nitrogens with zero attached hydrogens (tertiary/aromatic N) is 4. The molecule has 178 valence electrons. The fourth-order valence-electron chi connectivity index (χ4n) is 2.71. The molecule has 2 aromatic rings. The standard InChI is InChI=1S/C11H16N5O13P3/c1-4(27-31(22,23)29-32(24,25)28-30(19,20)21)8-6(17)7(18)11(26-8)16-3-15-5-9(12)13-2-14-10(5)16/h2-3,6-8,11,17-18H,1H2,(H,22,23)(H,24,25)(H2,12,13,14)(H2,19,20,21)/t6-,7+,8+,11+/m0/s1. The first kappa shape index (κ1) is 24.9. The van der Waals surface area contributed by atoms with Crippen molar-refractivity contribution in [1.29, 1.82) is 0 Å². The zero-order valence-corrected chi connectivity index (χ0v) is 18.1. The van der Waals surface area contributed by atoms with Gasteiger partial charge in [0, 0.05) is 0 Å². The highest BCUT2D eigenvalue weighted by molar-refractivity contribution is 7.66. The van der Waals surface area contributed by atoms with E-state index in [1.165, 1.54) is 10.9 Å². The summed E-state index contributed by atoms with van der Waals surface area (Å²) in [6.45, 7) is 3.24. The molecule has 0 aromatic carbocycles. The third-order valence-corrected chi connectivity index (χ3v) is 7.66. The van der Waals surface area contributed by atoms with Gasteiger partial charge < -0.3 is 39.9 Å². The number of rotatable bonds is 8. The lowest BCUT2D eigenvalue weighted by atomic mass is 10.1. The Morgan fingerprint density at radius 2 is 1.72 bits per heavy atom. The molecule has 0 radical (unpaired) electrons.